The Morgan fingerprint density at radius 2 is 1.71 bits per heavy atom. The van der Waals surface area contributed by atoms with Crippen LogP contribution in [-0.4, -0.2) is 51.8 Å². The summed E-state index contributed by atoms with van der Waals surface area (Å²) in [4.78, 5) is 24.0. The molecule has 2 aliphatic rings. The highest BCUT2D eigenvalue weighted by Crippen LogP contribution is 2.40. The average molecular weight is 450 g/mol. The van der Waals surface area contributed by atoms with Crippen LogP contribution in [-0.2, 0) is 34.8 Å². The smallest absolute Gasteiger partial charge is 0.226 e. The molecule has 1 aromatic carbocycles. The summed E-state index contributed by atoms with van der Waals surface area (Å²) in [5.74, 6) is -0.768. The first kappa shape index (κ1) is 24.1. The Morgan fingerprint density at radius 1 is 1.06 bits per heavy atom. The fourth-order valence-electron chi connectivity index (χ4n) is 3.72. The molecule has 0 radical (unpaired) electrons. The summed E-state index contributed by atoms with van der Waals surface area (Å²) >= 11 is 0. The lowest BCUT2D eigenvalue weighted by Crippen LogP contribution is -2.59. The van der Waals surface area contributed by atoms with Crippen molar-refractivity contribution in [2.24, 2.45) is 5.92 Å². The van der Waals surface area contributed by atoms with Gasteiger partial charge < -0.3 is 18.6 Å². The number of rotatable bonds is 7. The van der Waals surface area contributed by atoms with Crippen molar-refractivity contribution in [3.63, 3.8) is 0 Å². The van der Waals surface area contributed by atoms with Crippen LogP contribution in [0.25, 0.3) is 0 Å². The van der Waals surface area contributed by atoms with E-state index in [-0.39, 0.29) is 48.5 Å². The molecule has 2 saturated heterocycles. The molecule has 1 aromatic rings. The maximum absolute atomic E-state index is 12.0. The molecule has 0 bridgehead atoms. The maximum atomic E-state index is 12.0. The standard InChI is InChI=1S/C23H35NO6Si/c1-23(2,3)31(4,5)30-22-18(14-27-13-16-9-7-6-8-10-16)28-15-29-21(22)17-11-19(25)24-20(26)12-17/h6-10,17-18,21-22H,11-15H2,1-5H3,(H,24,25,26)/t18-,21+,22+/m1/s1. The van der Waals surface area contributed by atoms with Gasteiger partial charge in [0.2, 0.25) is 11.8 Å². The molecule has 0 aromatic heterocycles. The monoisotopic (exact) mass is 449 g/mol. The lowest BCUT2D eigenvalue weighted by Gasteiger charge is -2.47. The van der Waals surface area contributed by atoms with Gasteiger partial charge in [-0.3, -0.25) is 14.9 Å². The second-order valence-corrected chi connectivity index (χ2v) is 14.7. The van der Waals surface area contributed by atoms with Gasteiger partial charge in [-0.25, -0.2) is 0 Å². The van der Waals surface area contributed by atoms with E-state index < -0.39 is 20.5 Å². The first-order valence-corrected chi connectivity index (χ1v) is 13.8. The second kappa shape index (κ2) is 9.91. The molecule has 1 N–H and O–H groups in total. The van der Waals surface area contributed by atoms with E-state index in [9.17, 15) is 9.59 Å². The predicted octanol–water partition coefficient (Wildman–Crippen LogP) is 3.39. The number of amides is 2. The Bertz CT molecular complexity index is 747. The number of carbonyl (C=O) groups is 2. The molecule has 172 valence electrons. The molecular formula is C23H35NO6Si. The highest BCUT2D eigenvalue weighted by Gasteiger charge is 2.48. The molecular weight excluding hydrogens is 414 g/mol. The van der Waals surface area contributed by atoms with Crippen molar-refractivity contribution in [1.29, 1.82) is 0 Å². The zero-order valence-electron chi connectivity index (χ0n) is 19.2. The zero-order valence-corrected chi connectivity index (χ0v) is 20.2. The van der Waals surface area contributed by atoms with Crippen LogP contribution in [0.5, 0.6) is 0 Å². The lowest BCUT2D eigenvalue weighted by molar-refractivity contribution is -0.249. The van der Waals surface area contributed by atoms with E-state index in [1.165, 1.54) is 0 Å². The molecule has 3 atom stereocenters. The van der Waals surface area contributed by atoms with Crippen molar-refractivity contribution >= 4 is 20.1 Å². The molecule has 0 aliphatic carbocycles. The number of benzene rings is 1. The highest BCUT2D eigenvalue weighted by molar-refractivity contribution is 6.74. The van der Waals surface area contributed by atoms with Crippen LogP contribution in [0.2, 0.25) is 18.1 Å². The van der Waals surface area contributed by atoms with Crippen LogP contribution in [0.4, 0.5) is 0 Å². The Kier molecular flexibility index (Phi) is 7.70. The third kappa shape index (κ3) is 6.23. The van der Waals surface area contributed by atoms with Gasteiger partial charge in [0.1, 0.15) is 19.0 Å². The van der Waals surface area contributed by atoms with E-state index in [2.05, 4.69) is 39.2 Å². The molecule has 0 unspecified atom stereocenters. The van der Waals surface area contributed by atoms with E-state index in [0.29, 0.717) is 13.2 Å². The third-order valence-corrected chi connectivity index (χ3v) is 11.0. The SMILES string of the molecule is CC(C)(C)[Si](C)(C)O[C@H]1[C@@H](COCc2ccccc2)OCO[C@H]1C1CC(=O)NC(=O)C1. The molecule has 0 saturated carbocycles. The Balaban J connectivity index is 1.76. The van der Waals surface area contributed by atoms with E-state index in [1.807, 2.05) is 30.3 Å². The molecule has 2 fully saturated rings. The summed E-state index contributed by atoms with van der Waals surface area (Å²) in [6, 6.07) is 9.97. The van der Waals surface area contributed by atoms with Crippen LogP contribution >= 0.6 is 0 Å². The van der Waals surface area contributed by atoms with Crippen molar-refractivity contribution in [2.75, 3.05) is 13.4 Å². The average Bonchev–Trinajstić information content (AvgIpc) is 2.68. The minimum Gasteiger partial charge on any atom is -0.409 e. The first-order chi connectivity index (χ1) is 14.6. The summed E-state index contributed by atoms with van der Waals surface area (Å²) in [5.41, 5.74) is 1.09. The van der Waals surface area contributed by atoms with Gasteiger partial charge in [0.25, 0.3) is 0 Å². The number of nitrogens with one attached hydrogen (secondary N) is 1. The van der Waals surface area contributed by atoms with Crippen molar-refractivity contribution in [1.82, 2.24) is 5.32 Å². The largest absolute Gasteiger partial charge is 0.409 e. The predicted molar refractivity (Wildman–Crippen MR) is 119 cm³/mol. The number of hydrogen-bond acceptors (Lipinski definition) is 6. The topological polar surface area (TPSA) is 83.1 Å². The summed E-state index contributed by atoms with van der Waals surface area (Å²) in [6.45, 7) is 11.8. The van der Waals surface area contributed by atoms with Crippen LogP contribution in [0.1, 0.15) is 39.2 Å². The van der Waals surface area contributed by atoms with E-state index in [0.717, 1.165) is 5.56 Å². The fraction of sp³-hybridized carbons (Fsp3) is 0.652. The number of piperidine rings is 1. The van der Waals surface area contributed by atoms with Crippen LogP contribution in [0.3, 0.4) is 0 Å². The minimum absolute atomic E-state index is 0.00972. The Hall–Kier alpha value is -1.58. The van der Waals surface area contributed by atoms with Gasteiger partial charge in [0.15, 0.2) is 8.32 Å². The van der Waals surface area contributed by atoms with E-state index in [4.69, 9.17) is 18.6 Å². The van der Waals surface area contributed by atoms with Crippen molar-refractivity contribution in [3.8, 4) is 0 Å². The molecule has 2 amide bonds. The van der Waals surface area contributed by atoms with Crippen LogP contribution < -0.4 is 5.32 Å². The van der Waals surface area contributed by atoms with Crippen molar-refractivity contribution in [2.45, 2.75) is 76.7 Å². The van der Waals surface area contributed by atoms with Gasteiger partial charge in [-0.15, -0.1) is 0 Å². The van der Waals surface area contributed by atoms with Crippen LogP contribution in [0, 0.1) is 5.92 Å². The molecule has 8 heteroatoms. The summed E-state index contributed by atoms with van der Waals surface area (Å²) in [6.07, 6.45) is -0.662. The van der Waals surface area contributed by atoms with Gasteiger partial charge in [0.05, 0.1) is 19.3 Å². The fourth-order valence-corrected chi connectivity index (χ4v) is 5.04. The quantitative estimate of drug-likeness (QED) is 0.508. The van der Waals surface area contributed by atoms with E-state index >= 15 is 0 Å². The number of hydrogen-bond donors (Lipinski definition) is 1. The third-order valence-electron chi connectivity index (χ3n) is 6.50. The summed E-state index contributed by atoms with van der Waals surface area (Å²) < 4.78 is 24.6. The first-order valence-electron chi connectivity index (χ1n) is 10.9. The van der Waals surface area contributed by atoms with Gasteiger partial charge in [-0.1, -0.05) is 51.1 Å². The summed E-state index contributed by atoms with van der Waals surface area (Å²) in [5, 5.41) is 2.37. The van der Waals surface area contributed by atoms with Gasteiger partial charge in [-0.05, 0) is 23.7 Å². The van der Waals surface area contributed by atoms with Gasteiger partial charge in [0, 0.05) is 18.8 Å². The number of ether oxygens (including phenoxy) is 3. The minimum atomic E-state index is -2.18. The summed E-state index contributed by atoms with van der Waals surface area (Å²) in [7, 11) is -2.18. The second-order valence-electron chi connectivity index (χ2n) is 9.94. The van der Waals surface area contributed by atoms with Crippen LogP contribution in [0.15, 0.2) is 30.3 Å². The Labute approximate surface area is 185 Å². The number of imide groups is 1. The zero-order chi connectivity index (χ0) is 22.6. The number of carbonyl (C=O) groups excluding carboxylic acids is 2. The van der Waals surface area contributed by atoms with Gasteiger partial charge >= 0.3 is 0 Å². The molecule has 7 nitrogen and oxygen atoms in total. The highest BCUT2D eigenvalue weighted by atomic mass is 28.4. The molecule has 2 heterocycles. The van der Waals surface area contributed by atoms with Gasteiger partial charge in [-0.2, -0.15) is 0 Å². The van der Waals surface area contributed by atoms with Crippen molar-refractivity contribution < 1.29 is 28.2 Å². The molecule has 3 rings (SSSR count). The Morgan fingerprint density at radius 3 is 2.32 bits per heavy atom. The molecule has 2 aliphatic heterocycles. The lowest BCUT2D eigenvalue weighted by atomic mass is 9.86. The van der Waals surface area contributed by atoms with E-state index in [1.54, 1.807) is 0 Å². The van der Waals surface area contributed by atoms with Crippen molar-refractivity contribution in [3.05, 3.63) is 35.9 Å². The molecule has 0 spiro atoms. The molecule has 31 heavy (non-hydrogen) atoms. The maximum Gasteiger partial charge on any atom is 0.226 e. The normalized spacial score (nSPS) is 26.0.